The van der Waals surface area contributed by atoms with Crippen LogP contribution < -0.4 is 0 Å². The Labute approximate surface area is 129 Å². The molecule has 7 heteroatoms. The molecular formula is C14H15BrFNO4. The number of likely N-dealkylation sites (N-methyl/N-ethyl adjacent to an activating group) is 1. The number of aliphatic carboxylic acids is 1. The number of carbonyl (C=O) groups excluding carboxylic acids is 1. The van der Waals surface area contributed by atoms with Gasteiger partial charge in [0.2, 0.25) is 0 Å². The van der Waals surface area contributed by atoms with Crippen molar-refractivity contribution in [3.8, 4) is 0 Å². The van der Waals surface area contributed by atoms with Crippen molar-refractivity contribution >= 4 is 27.8 Å². The topological polar surface area (TPSA) is 66.8 Å². The minimum Gasteiger partial charge on any atom is -0.481 e. The molecule has 0 radical (unpaired) electrons. The SMILES string of the molecule is CCN(C(=O)c1cccc(F)c1Br)C1COCC1C(=O)O. The fourth-order valence-corrected chi connectivity index (χ4v) is 2.87. The molecule has 1 aromatic carbocycles. The van der Waals surface area contributed by atoms with Crippen LogP contribution in [0.25, 0.3) is 0 Å². The fraction of sp³-hybridized carbons (Fsp3) is 0.429. The first kappa shape index (κ1) is 15.9. The zero-order valence-corrected chi connectivity index (χ0v) is 13.0. The number of hydrogen-bond donors (Lipinski definition) is 1. The van der Waals surface area contributed by atoms with Crippen LogP contribution >= 0.6 is 15.9 Å². The van der Waals surface area contributed by atoms with Crippen molar-refractivity contribution in [1.29, 1.82) is 0 Å². The maximum Gasteiger partial charge on any atom is 0.311 e. The molecule has 0 aliphatic carbocycles. The van der Waals surface area contributed by atoms with E-state index in [1.54, 1.807) is 6.92 Å². The first-order chi connectivity index (χ1) is 9.97. The molecule has 1 heterocycles. The van der Waals surface area contributed by atoms with Crippen molar-refractivity contribution < 1.29 is 23.8 Å². The van der Waals surface area contributed by atoms with Gasteiger partial charge in [0.25, 0.3) is 5.91 Å². The van der Waals surface area contributed by atoms with E-state index in [2.05, 4.69) is 15.9 Å². The van der Waals surface area contributed by atoms with Gasteiger partial charge in [0.05, 0.1) is 29.3 Å². The molecule has 1 saturated heterocycles. The van der Waals surface area contributed by atoms with Gasteiger partial charge in [0.15, 0.2) is 0 Å². The molecule has 0 aromatic heterocycles. The Morgan fingerprint density at radius 1 is 1.48 bits per heavy atom. The van der Waals surface area contributed by atoms with Crippen LogP contribution in [0.15, 0.2) is 22.7 Å². The molecule has 2 unspecified atom stereocenters. The number of carbonyl (C=O) groups is 2. The minimum absolute atomic E-state index is 0.0775. The van der Waals surface area contributed by atoms with Gasteiger partial charge < -0.3 is 14.7 Å². The van der Waals surface area contributed by atoms with Crippen LogP contribution in [0.2, 0.25) is 0 Å². The summed E-state index contributed by atoms with van der Waals surface area (Å²) in [5.74, 6) is -2.71. The molecule has 2 rings (SSSR count). The van der Waals surface area contributed by atoms with Gasteiger partial charge in [-0.3, -0.25) is 9.59 Å². The third-order valence-electron chi connectivity index (χ3n) is 3.55. The minimum atomic E-state index is -0.998. The van der Waals surface area contributed by atoms with Crippen molar-refractivity contribution in [2.75, 3.05) is 19.8 Å². The molecule has 1 fully saturated rings. The van der Waals surface area contributed by atoms with Gasteiger partial charge in [0, 0.05) is 6.54 Å². The van der Waals surface area contributed by atoms with Crippen LogP contribution in [0.5, 0.6) is 0 Å². The zero-order chi connectivity index (χ0) is 15.6. The Kier molecular flexibility index (Phi) is 4.95. The van der Waals surface area contributed by atoms with Gasteiger partial charge >= 0.3 is 5.97 Å². The standard InChI is InChI=1S/C14H15BrFNO4/c1-2-17(11-7-21-6-9(11)14(19)20)13(18)8-4-3-5-10(16)12(8)15/h3-5,9,11H,2,6-7H2,1H3,(H,19,20). The van der Waals surface area contributed by atoms with E-state index in [-0.39, 0.29) is 23.2 Å². The van der Waals surface area contributed by atoms with Gasteiger partial charge in [-0.2, -0.15) is 0 Å². The van der Waals surface area contributed by atoms with Crippen molar-refractivity contribution in [2.24, 2.45) is 5.92 Å². The molecule has 0 bridgehead atoms. The maximum absolute atomic E-state index is 13.6. The summed E-state index contributed by atoms with van der Waals surface area (Å²) in [6.07, 6.45) is 0. The lowest BCUT2D eigenvalue weighted by atomic mass is 10.0. The van der Waals surface area contributed by atoms with Gasteiger partial charge in [-0.1, -0.05) is 6.07 Å². The predicted molar refractivity (Wildman–Crippen MR) is 76.5 cm³/mol. The molecule has 21 heavy (non-hydrogen) atoms. The van der Waals surface area contributed by atoms with E-state index in [4.69, 9.17) is 4.74 Å². The van der Waals surface area contributed by atoms with Crippen molar-refractivity contribution in [2.45, 2.75) is 13.0 Å². The number of hydrogen-bond acceptors (Lipinski definition) is 3. The molecule has 0 saturated carbocycles. The third kappa shape index (κ3) is 3.08. The van der Waals surface area contributed by atoms with Crippen LogP contribution in [0.4, 0.5) is 4.39 Å². The van der Waals surface area contributed by atoms with Gasteiger partial charge in [-0.25, -0.2) is 4.39 Å². The monoisotopic (exact) mass is 359 g/mol. The number of carboxylic acid groups (broad SMARTS) is 1. The Morgan fingerprint density at radius 3 is 2.81 bits per heavy atom. The van der Waals surface area contributed by atoms with Gasteiger partial charge in [-0.05, 0) is 35.0 Å². The van der Waals surface area contributed by atoms with E-state index in [0.717, 1.165) is 0 Å². The number of rotatable bonds is 4. The Balaban J connectivity index is 2.30. The summed E-state index contributed by atoms with van der Waals surface area (Å²) in [4.78, 5) is 25.2. The summed E-state index contributed by atoms with van der Waals surface area (Å²) in [7, 11) is 0. The summed E-state index contributed by atoms with van der Waals surface area (Å²) >= 11 is 3.06. The van der Waals surface area contributed by atoms with Crippen molar-refractivity contribution in [3.63, 3.8) is 0 Å². The number of nitrogens with zero attached hydrogens (tertiary/aromatic N) is 1. The van der Waals surface area contributed by atoms with E-state index in [1.807, 2.05) is 0 Å². The lowest BCUT2D eigenvalue weighted by Crippen LogP contribution is -2.46. The Hall–Kier alpha value is -1.47. The molecule has 1 aliphatic heterocycles. The third-order valence-corrected chi connectivity index (χ3v) is 4.36. The Bertz CT molecular complexity index is 566. The molecule has 114 valence electrons. The number of benzene rings is 1. The van der Waals surface area contributed by atoms with Gasteiger partial charge in [0.1, 0.15) is 11.7 Å². The Morgan fingerprint density at radius 2 is 2.19 bits per heavy atom. The first-order valence-corrected chi connectivity index (χ1v) is 7.32. The van der Waals surface area contributed by atoms with Crippen LogP contribution in [0.3, 0.4) is 0 Å². The second-order valence-corrected chi connectivity index (χ2v) is 5.54. The summed E-state index contributed by atoms with van der Waals surface area (Å²) in [6, 6.07) is 3.65. The van der Waals surface area contributed by atoms with Crippen LogP contribution in [-0.4, -0.2) is 47.7 Å². The van der Waals surface area contributed by atoms with E-state index >= 15 is 0 Å². The fourth-order valence-electron chi connectivity index (χ4n) is 2.44. The zero-order valence-electron chi connectivity index (χ0n) is 11.4. The highest BCUT2D eigenvalue weighted by Crippen LogP contribution is 2.26. The van der Waals surface area contributed by atoms with E-state index < -0.39 is 29.7 Å². The molecule has 1 amide bonds. The van der Waals surface area contributed by atoms with Crippen molar-refractivity contribution in [3.05, 3.63) is 34.1 Å². The second-order valence-electron chi connectivity index (χ2n) is 4.74. The highest BCUT2D eigenvalue weighted by Gasteiger charge is 2.40. The highest BCUT2D eigenvalue weighted by atomic mass is 79.9. The summed E-state index contributed by atoms with van der Waals surface area (Å²) in [5, 5.41) is 9.19. The quantitative estimate of drug-likeness (QED) is 0.894. The van der Waals surface area contributed by atoms with Crippen molar-refractivity contribution in [1.82, 2.24) is 4.90 Å². The summed E-state index contributed by atoms with van der Waals surface area (Å²) in [6.45, 7) is 2.32. The molecule has 1 aliphatic rings. The summed E-state index contributed by atoms with van der Waals surface area (Å²) in [5.41, 5.74) is 0.174. The largest absolute Gasteiger partial charge is 0.481 e. The van der Waals surface area contributed by atoms with E-state index in [9.17, 15) is 19.1 Å². The van der Waals surface area contributed by atoms with Crippen LogP contribution in [0.1, 0.15) is 17.3 Å². The lowest BCUT2D eigenvalue weighted by Gasteiger charge is -2.29. The molecule has 5 nitrogen and oxygen atoms in total. The molecule has 1 aromatic rings. The van der Waals surface area contributed by atoms with Crippen LogP contribution in [-0.2, 0) is 9.53 Å². The lowest BCUT2D eigenvalue weighted by molar-refractivity contribution is -0.142. The highest BCUT2D eigenvalue weighted by molar-refractivity contribution is 9.10. The molecular weight excluding hydrogens is 345 g/mol. The molecule has 2 atom stereocenters. The van der Waals surface area contributed by atoms with Crippen LogP contribution in [0, 0.1) is 11.7 Å². The summed E-state index contributed by atoms with van der Waals surface area (Å²) < 4.78 is 18.8. The molecule has 1 N–H and O–H groups in total. The molecule has 0 spiro atoms. The predicted octanol–water partition coefficient (Wildman–Crippen LogP) is 2.15. The average molecular weight is 360 g/mol. The number of carboxylic acids is 1. The van der Waals surface area contributed by atoms with E-state index in [1.165, 1.54) is 23.1 Å². The first-order valence-electron chi connectivity index (χ1n) is 6.52. The number of halogens is 2. The van der Waals surface area contributed by atoms with E-state index in [0.29, 0.717) is 6.54 Å². The number of amides is 1. The average Bonchev–Trinajstić information content (AvgIpc) is 2.92. The number of ether oxygens (including phenoxy) is 1. The maximum atomic E-state index is 13.6. The van der Waals surface area contributed by atoms with Gasteiger partial charge in [-0.15, -0.1) is 0 Å². The smallest absolute Gasteiger partial charge is 0.311 e. The second kappa shape index (κ2) is 6.53. The normalized spacial score (nSPS) is 21.3.